The Labute approximate surface area is 140 Å². The molecule has 6 heteroatoms. The number of nitrogens with zero attached hydrogens (tertiary/aromatic N) is 2. The van der Waals surface area contributed by atoms with E-state index in [0.29, 0.717) is 23.5 Å². The monoisotopic (exact) mass is 335 g/mol. The predicted octanol–water partition coefficient (Wildman–Crippen LogP) is 2.87. The number of rotatable bonds is 7. The van der Waals surface area contributed by atoms with Crippen LogP contribution < -0.4 is 5.32 Å². The van der Waals surface area contributed by atoms with Crippen LogP contribution in [0.15, 0.2) is 24.3 Å². The molecule has 124 valence electrons. The maximum atomic E-state index is 13.8. The first-order valence-corrected chi connectivity index (χ1v) is 8.41. The Kier molecular flexibility index (Phi) is 6.24. The highest BCUT2D eigenvalue weighted by Crippen LogP contribution is 2.29. The minimum Gasteiger partial charge on any atom is -0.356 e. The van der Waals surface area contributed by atoms with Crippen LogP contribution in [0.1, 0.15) is 17.0 Å². The van der Waals surface area contributed by atoms with E-state index in [1.165, 1.54) is 17.4 Å². The van der Waals surface area contributed by atoms with Crippen molar-refractivity contribution in [3.63, 3.8) is 0 Å². The fourth-order valence-electron chi connectivity index (χ4n) is 2.17. The first kappa shape index (κ1) is 17.6. The molecular formula is C17H22FN3OS. The van der Waals surface area contributed by atoms with Gasteiger partial charge in [-0.2, -0.15) is 0 Å². The van der Waals surface area contributed by atoms with Crippen molar-refractivity contribution in [1.29, 1.82) is 0 Å². The molecule has 0 aliphatic rings. The Balaban J connectivity index is 1.96. The van der Waals surface area contributed by atoms with Crippen LogP contribution >= 0.6 is 11.3 Å². The molecule has 0 unspecified atom stereocenters. The number of nitrogens with one attached hydrogen (secondary N) is 1. The van der Waals surface area contributed by atoms with Gasteiger partial charge in [-0.3, -0.25) is 4.79 Å². The molecular weight excluding hydrogens is 313 g/mol. The molecule has 0 aliphatic carbocycles. The Morgan fingerprint density at radius 1 is 1.35 bits per heavy atom. The minimum atomic E-state index is -0.291. The van der Waals surface area contributed by atoms with Crippen LogP contribution in [0.2, 0.25) is 0 Å². The lowest BCUT2D eigenvalue weighted by Gasteiger charge is -2.09. The highest BCUT2D eigenvalue weighted by Gasteiger charge is 2.14. The smallest absolute Gasteiger partial charge is 0.225 e. The lowest BCUT2D eigenvalue weighted by Crippen LogP contribution is -2.28. The average molecular weight is 335 g/mol. The fraction of sp³-hybridized carbons (Fsp3) is 0.412. The number of carbonyl (C=O) groups excluding carboxylic acids is 1. The van der Waals surface area contributed by atoms with E-state index in [4.69, 9.17) is 0 Å². The summed E-state index contributed by atoms with van der Waals surface area (Å²) < 4.78 is 13.8. The molecule has 2 aromatic rings. The van der Waals surface area contributed by atoms with Crippen molar-refractivity contribution in [2.75, 3.05) is 27.2 Å². The lowest BCUT2D eigenvalue weighted by molar-refractivity contribution is -0.120. The van der Waals surface area contributed by atoms with Crippen LogP contribution in [0.5, 0.6) is 0 Å². The van der Waals surface area contributed by atoms with E-state index in [1.54, 1.807) is 18.2 Å². The van der Waals surface area contributed by atoms with Crippen LogP contribution in [0.4, 0.5) is 4.39 Å². The standard InChI is InChI=1S/C17H22FN3OS/c1-12-15(11-16(22)19-9-6-10-21(2)3)23-17(20-12)13-7-4-5-8-14(13)18/h4-5,7-8H,6,9-11H2,1-3H3,(H,19,22). The summed E-state index contributed by atoms with van der Waals surface area (Å²) in [6.07, 6.45) is 1.21. The predicted molar refractivity (Wildman–Crippen MR) is 92.1 cm³/mol. The minimum absolute atomic E-state index is 0.0180. The molecule has 0 fully saturated rings. The third kappa shape index (κ3) is 5.11. The van der Waals surface area contributed by atoms with Gasteiger partial charge in [0.05, 0.1) is 12.1 Å². The third-order valence-electron chi connectivity index (χ3n) is 3.42. The van der Waals surface area contributed by atoms with E-state index in [-0.39, 0.29) is 11.7 Å². The highest BCUT2D eigenvalue weighted by molar-refractivity contribution is 7.15. The van der Waals surface area contributed by atoms with Gasteiger partial charge >= 0.3 is 0 Å². The van der Waals surface area contributed by atoms with E-state index in [0.717, 1.165) is 23.5 Å². The van der Waals surface area contributed by atoms with Crippen LogP contribution in [-0.2, 0) is 11.2 Å². The number of aromatic nitrogens is 1. The van der Waals surface area contributed by atoms with Gasteiger partial charge in [-0.05, 0) is 46.1 Å². The fourth-order valence-corrected chi connectivity index (χ4v) is 3.26. The molecule has 0 saturated carbocycles. The zero-order chi connectivity index (χ0) is 16.8. The van der Waals surface area contributed by atoms with Crippen molar-refractivity contribution in [3.05, 3.63) is 40.7 Å². The number of halogens is 1. The number of benzene rings is 1. The maximum absolute atomic E-state index is 13.8. The molecule has 1 aromatic heterocycles. The van der Waals surface area contributed by atoms with Crippen molar-refractivity contribution in [1.82, 2.24) is 15.2 Å². The van der Waals surface area contributed by atoms with E-state index < -0.39 is 0 Å². The van der Waals surface area contributed by atoms with Crippen molar-refractivity contribution < 1.29 is 9.18 Å². The SMILES string of the molecule is Cc1nc(-c2ccccc2F)sc1CC(=O)NCCCN(C)C. The Morgan fingerprint density at radius 2 is 2.09 bits per heavy atom. The van der Waals surface area contributed by atoms with Crippen molar-refractivity contribution >= 4 is 17.2 Å². The molecule has 0 bridgehead atoms. The van der Waals surface area contributed by atoms with Gasteiger partial charge in [-0.1, -0.05) is 12.1 Å². The number of carbonyl (C=O) groups is 1. The molecule has 1 heterocycles. The number of amides is 1. The van der Waals surface area contributed by atoms with Crippen LogP contribution in [0.3, 0.4) is 0 Å². The summed E-state index contributed by atoms with van der Waals surface area (Å²) in [5.41, 5.74) is 1.27. The lowest BCUT2D eigenvalue weighted by atomic mass is 10.2. The van der Waals surface area contributed by atoms with Gasteiger partial charge < -0.3 is 10.2 Å². The van der Waals surface area contributed by atoms with Gasteiger partial charge in [0.15, 0.2) is 0 Å². The molecule has 4 nitrogen and oxygen atoms in total. The quantitative estimate of drug-likeness (QED) is 0.792. The van der Waals surface area contributed by atoms with E-state index >= 15 is 0 Å². The summed E-state index contributed by atoms with van der Waals surface area (Å²) in [5.74, 6) is -0.309. The molecule has 0 spiro atoms. The van der Waals surface area contributed by atoms with Crippen LogP contribution in [0.25, 0.3) is 10.6 Å². The van der Waals surface area contributed by atoms with Crippen LogP contribution in [0, 0.1) is 12.7 Å². The summed E-state index contributed by atoms with van der Waals surface area (Å²) in [6, 6.07) is 6.57. The summed E-state index contributed by atoms with van der Waals surface area (Å²) in [5, 5.41) is 3.53. The number of hydrogen-bond acceptors (Lipinski definition) is 4. The zero-order valence-electron chi connectivity index (χ0n) is 13.7. The van der Waals surface area contributed by atoms with E-state index in [1.807, 2.05) is 21.0 Å². The Bertz CT molecular complexity index is 670. The molecule has 1 N–H and O–H groups in total. The van der Waals surface area contributed by atoms with Crippen molar-refractivity contribution in [2.45, 2.75) is 19.8 Å². The molecule has 23 heavy (non-hydrogen) atoms. The van der Waals surface area contributed by atoms with Gasteiger partial charge in [0.1, 0.15) is 10.8 Å². The normalized spacial score (nSPS) is 11.0. The van der Waals surface area contributed by atoms with Crippen molar-refractivity contribution in [3.8, 4) is 10.6 Å². The third-order valence-corrected chi connectivity index (χ3v) is 4.61. The number of aryl methyl sites for hydroxylation is 1. The van der Waals surface area contributed by atoms with E-state index in [2.05, 4.69) is 15.2 Å². The van der Waals surface area contributed by atoms with E-state index in [9.17, 15) is 9.18 Å². The maximum Gasteiger partial charge on any atom is 0.225 e. The summed E-state index contributed by atoms with van der Waals surface area (Å²) in [6.45, 7) is 3.46. The van der Waals surface area contributed by atoms with Gasteiger partial charge in [0.2, 0.25) is 5.91 Å². The van der Waals surface area contributed by atoms with Gasteiger partial charge in [0, 0.05) is 17.0 Å². The molecule has 1 aromatic carbocycles. The second-order valence-electron chi connectivity index (χ2n) is 5.69. The molecule has 2 rings (SSSR count). The summed E-state index contributed by atoms with van der Waals surface area (Å²) >= 11 is 1.38. The Hall–Kier alpha value is -1.79. The summed E-state index contributed by atoms with van der Waals surface area (Å²) in [4.78, 5) is 19.4. The molecule has 0 atom stereocenters. The summed E-state index contributed by atoms with van der Waals surface area (Å²) in [7, 11) is 4.01. The Morgan fingerprint density at radius 3 is 2.78 bits per heavy atom. The van der Waals surface area contributed by atoms with Crippen molar-refractivity contribution in [2.24, 2.45) is 0 Å². The highest BCUT2D eigenvalue weighted by atomic mass is 32.1. The average Bonchev–Trinajstić information content (AvgIpc) is 2.85. The topological polar surface area (TPSA) is 45.2 Å². The largest absolute Gasteiger partial charge is 0.356 e. The van der Waals surface area contributed by atoms with Gasteiger partial charge in [-0.25, -0.2) is 9.37 Å². The molecule has 0 aliphatic heterocycles. The van der Waals surface area contributed by atoms with Crippen LogP contribution in [-0.4, -0.2) is 43.0 Å². The zero-order valence-corrected chi connectivity index (χ0v) is 14.5. The molecule has 0 saturated heterocycles. The second kappa shape index (κ2) is 8.17. The first-order chi connectivity index (χ1) is 11.0. The number of hydrogen-bond donors (Lipinski definition) is 1. The number of thiazole rings is 1. The molecule has 0 radical (unpaired) electrons. The van der Waals surface area contributed by atoms with Gasteiger partial charge in [-0.15, -0.1) is 11.3 Å². The van der Waals surface area contributed by atoms with Gasteiger partial charge in [0.25, 0.3) is 0 Å². The first-order valence-electron chi connectivity index (χ1n) is 7.60. The second-order valence-corrected chi connectivity index (χ2v) is 6.77. The molecule has 1 amide bonds.